The molecule has 0 bridgehead atoms. The Morgan fingerprint density at radius 1 is 1.14 bits per heavy atom. The van der Waals surface area contributed by atoms with E-state index >= 15 is 0 Å². The summed E-state index contributed by atoms with van der Waals surface area (Å²) in [5.41, 5.74) is 2.00. The smallest absolute Gasteiger partial charge is 0.321 e. The fourth-order valence-corrected chi connectivity index (χ4v) is 3.28. The number of aryl methyl sites for hydroxylation is 1. The number of piperidine rings is 1. The SMILES string of the molecule is Cc1ccc(NC(=O)N2CCC(N3CCCC3=O)CC2)cc1. The molecule has 5 nitrogen and oxygen atoms in total. The second kappa shape index (κ2) is 6.38. The van der Waals surface area contributed by atoms with Gasteiger partial charge in [0.1, 0.15) is 0 Å². The number of nitrogens with zero attached hydrogens (tertiary/aromatic N) is 2. The minimum atomic E-state index is -0.0462. The Morgan fingerprint density at radius 3 is 2.41 bits per heavy atom. The fourth-order valence-electron chi connectivity index (χ4n) is 3.28. The van der Waals surface area contributed by atoms with E-state index in [4.69, 9.17) is 0 Å². The number of anilines is 1. The van der Waals surface area contributed by atoms with E-state index < -0.39 is 0 Å². The van der Waals surface area contributed by atoms with E-state index in [1.54, 1.807) is 0 Å². The van der Waals surface area contributed by atoms with E-state index in [0.29, 0.717) is 25.6 Å². The monoisotopic (exact) mass is 301 g/mol. The first-order valence-corrected chi connectivity index (χ1v) is 8.05. The lowest BCUT2D eigenvalue weighted by Crippen LogP contribution is -2.48. The van der Waals surface area contributed by atoms with Gasteiger partial charge in [-0.15, -0.1) is 0 Å². The van der Waals surface area contributed by atoms with Crippen molar-refractivity contribution in [2.75, 3.05) is 25.0 Å². The second-order valence-electron chi connectivity index (χ2n) is 6.21. The van der Waals surface area contributed by atoms with E-state index in [1.807, 2.05) is 41.0 Å². The van der Waals surface area contributed by atoms with Crippen LogP contribution in [0.25, 0.3) is 0 Å². The maximum absolute atomic E-state index is 12.3. The quantitative estimate of drug-likeness (QED) is 0.913. The first-order valence-electron chi connectivity index (χ1n) is 8.05. The molecule has 2 aliphatic heterocycles. The highest BCUT2D eigenvalue weighted by Gasteiger charge is 2.31. The van der Waals surface area contributed by atoms with Gasteiger partial charge in [-0.05, 0) is 38.3 Å². The van der Waals surface area contributed by atoms with Crippen molar-refractivity contribution in [2.24, 2.45) is 0 Å². The molecule has 1 aromatic carbocycles. The molecule has 118 valence electrons. The van der Waals surface area contributed by atoms with Crippen LogP contribution in [0.5, 0.6) is 0 Å². The summed E-state index contributed by atoms with van der Waals surface area (Å²) in [6, 6.07) is 8.08. The van der Waals surface area contributed by atoms with Gasteiger partial charge in [0.2, 0.25) is 5.91 Å². The summed E-state index contributed by atoms with van der Waals surface area (Å²) in [5, 5.41) is 2.94. The molecule has 1 aromatic rings. The largest absolute Gasteiger partial charge is 0.340 e. The first kappa shape index (κ1) is 14.9. The molecule has 5 heteroatoms. The fraction of sp³-hybridized carbons (Fsp3) is 0.529. The van der Waals surface area contributed by atoms with Gasteiger partial charge in [-0.2, -0.15) is 0 Å². The second-order valence-corrected chi connectivity index (χ2v) is 6.21. The van der Waals surface area contributed by atoms with Crippen LogP contribution in [-0.2, 0) is 4.79 Å². The molecule has 0 spiro atoms. The summed E-state index contributed by atoms with van der Waals surface area (Å²) in [4.78, 5) is 27.9. The van der Waals surface area contributed by atoms with Crippen LogP contribution in [0.3, 0.4) is 0 Å². The van der Waals surface area contributed by atoms with Crippen molar-refractivity contribution in [3.05, 3.63) is 29.8 Å². The Hall–Kier alpha value is -2.04. The van der Waals surface area contributed by atoms with Crippen LogP contribution in [0, 0.1) is 6.92 Å². The van der Waals surface area contributed by atoms with Crippen LogP contribution in [0.15, 0.2) is 24.3 Å². The molecule has 22 heavy (non-hydrogen) atoms. The van der Waals surface area contributed by atoms with Crippen LogP contribution in [0.4, 0.5) is 10.5 Å². The third kappa shape index (κ3) is 3.24. The molecule has 2 aliphatic rings. The van der Waals surface area contributed by atoms with Gasteiger partial charge < -0.3 is 15.1 Å². The van der Waals surface area contributed by atoms with Crippen LogP contribution in [0.1, 0.15) is 31.2 Å². The van der Waals surface area contributed by atoms with Crippen molar-refractivity contribution in [2.45, 2.75) is 38.6 Å². The molecule has 0 aromatic heterocycles. The number of benzene rings is 1. The summed E-state index contributed by atoms with van der Waals surface area (Å²) >= 11 is 0. The van der Waals surface area contributed by atoms with Crippen molar-refractivity contribution in [1.82, 2.24) is 9.80 Å². The summed E-state index contributed by atoms with van der Waals surface area (Å²) in [6.07, 6.45) is 3.43. The average Bonchev–Trinajstić information content (AvgIpc) is 2.96. The maximum atomic E-state index is 12.3. The van der Waals surface area contributed by atoms with E-state index in [1.165, 1.54) is 5.56 Å². The highest BCUT2D eigenvalue weighted by Crippen LogP contribution is 2.22. The number of urea groups is 1. The maximum Gasteiger partial charge on any atom is 0.321 e. The number of amides is 3. The molecular formula is C17H23N3O2. The first-order chi connectivity index (χ1) is 10.6. The Kier molecular flexibility index (Phi) is 4.32. The Morgan fingerprint density at radius 2 is 1.82 bits per heavy atom. The molecule has 2 heterocycles. The minimum Gasteiger partial charge on any atom is -0.340 e. The third-order valence-corrected chi connectivity index (χ3v) is 4.61. The van der Waals surface area contributed by atoms with Crippen molar-refractivity contribution >= 4 is 17.6 Å². The standard InChI is InChI=1S/C17H23N3O2/c1-13-4-6-14(7-5-13)18-17(22)19-11-8-15(9-12-19)20-10-2-3-16(20)21/h4-7,15H,2-3,8-12H2,1H3,(H,18,22). The highest BCUT2D eigenvalue weighted by atomic mass is 16.2. The zero-order valence-corrected chi connectivity index (χ0v) is 13.0. The average molecular weight is 301 g/mol. The summed E-state index contributed by atoms with van der Waals surface area (Å²) in [7, 11) is 0. The van der Waals surface area contributed by atoms with Gasteiger partial charge in [-0.25, -0.2) is 4.79 Å². The zero-order chi connectivity index (χ0) is 15.5. The van der Waals surface area contributed by atoms with Crippen molar-refractivity contribution < 1.29 is 9.59 Å². The number of hydrogen-bond donors (Lipinski definition) is 1. The van der Waals surface area contributed by atoms with Crippen LogP contribution >= 0.6 is 0 Å². The molecular weight excluding hydrogens is 278 g/mol. The van der Waals surface area contributed by atoms with Gasteiger partial charge >= 0.3 is 6.03 Å². The lowest BCUT2D eigenvalue weighted by molar-refractivity contribution is -0.130. The van der Waals surface area contributed by atoms with Gasteiger partial charge in [0.15, 0.2) is 0 Å². The molecule has 3 rings (SSSR count). The van der Waals surface area contributed by atoms with E-state index in [2.05, 4.69) is 5.32 Å². The number of likely N-dealkylation sites (tertiary alicyclic amines) is 2. The van der Waals surface area contributed by atoms with Crippen LogP contribution < -0.4 is 5.32 Å². The highest BCUT2D eigenvalue weighted by molar-refractivity contribution is 5.89. The van der Waals surface area contributed by atoms with Crippen molar-refractivity contribution in [3.8, 4) is 0 Å². The predicted octanol–water partition coefficient (Wildman–Crippen LogP) is 2.61. The lowest BCUT2D eigenvalue weighted by atomic mass is 10.0. The van der Waals surface area contributed by atoms with E-state index in [-0.39, 0.29) is 11.9 Å². The molecule has 3 amide bonds. The predicted molar refractivity (Wildman–Crippen MR) is 85.7 cm³/mol. The Bertz CT molecular complexity index is 548. The number of hydrogen-bond acceptors (Lipinski definition) is 2. The molecule has 0 unspecified atom stereocenters. The van der Waals surface area contributed by atoms with Crippen molar-refractivity contribution in [1.29, 1.82) is 0 Å². The third-order valence-electron chi connectivity index (χ3n) is 4.61. The summed E-state index contributed by atoms with van der Waals surface area (Å²) < 4.78 is 0. The van der Waals surface area contributed by atoms with Crippen LogP contribution in [0.2, 0.25) is 0 Å². The number of nitrogens with one attached hydrogen (secondary N) is 1. The van der Waals surface area contributed by atoms with E-state index in [9.17, 15) is 9.59 Å². The topological polar surface area (TPSA) is 52.7 Å². The summed E-state index contributed by atoms with van der Waals surface area (Å²) in [5.74, 6) is 0.280. The molecule has 0 aliphatic carbocycles. The molecule has 0 atom stereocenters. The molecule has 2 saturated heterocycles. The minimum absolute atomic E-state index is 0.0462. The normalized spacial score (nSPS) is 19.6. The van der Waals surface area contributed by atoms with Crippen LogP contribution in [-0.4, -0.2) is 47.4 Å². The number of carbonyl (C=O) groups is 2. The lowest BCUT2D eigenvalue weighted by Gasteiger charge is -2.36. The van der Waals surface area contributed by atoms with Gasteiger partial charge in [-0.3, -0.25) is 4.79 Å². The molecule has 2 fully saturated rings. The van der Waals surface area contributed by atoms with E-state index in [0.717, 1.165) is 31.5 Å². The van der Waals surface area contributed by atoms with Gasteiger partial charge in [-0.1, -0.05) is 17.7 Å². The molecule has 0 radical (unpaired) electrons. The molecule has 1 N–H and O–H groups in total. The Labute approximate surface area is 131 Å². The van der Waals surface area contributed by atoms with Gasteiger partial charge in [0, 0.05) is 37.8 Å². The van der Waals surface area contributed by atoms with Crippen molar-refractivity contribution in [3.63, 3.8) is 0 Å². The Balaban J connectivity index is 1.51. The van der Waals surface area contributed by atoms with Gasteiger partial charge in [0.25, 0.3) is 0 Å². The zero-order valence-electron chi connectivity index (χ0n) is 13.0. The number of rotatable bonds is 2. The summed E-state index contributed by atoms with van der Waals surface area (Å²) in [6.45, 7) is 4.34. The van der Waals surface area contributed by atoms with Gasteiger partial charge in [0.05, 0.1) is 0 Å². The molecule has 0 saturated carbocycles. The number of carbonyl (C=O) groups excluding carboxylic acids is 2.